The molecule has 26 heavy (non-hydrogen) atoms. The Morgan fingerprint density at radius 3 is 2.69 bits per heavy atom. The molecule has 1 aliphatic carbocycles. The van der Waals surface area contributed by atoms with Gasteiger partial charge in [-0.25, -0.2) is 9.97 Å². The van der Waals surface area contributed by atoms with Crippen molar-refractivity contribution >= 4 is 11.9 Å². The number of carbonyl (C=O) groups is 1. The Morgan fingerprint density at radius 1 is 1.27 bits per heavy atom. The largest absolute Gasteiger partial charge is 0.345 e. The van der Waals surface area contributed by atoms with E-state index in [1.54, 1.807) is 24.5 Å². The number of carbonyl (C=O) groups excluding carboxylic acids is 1. The first-order chi connectivity index (χ1) is 12.6. The molecule has 2 aromatic rings. The zero-order chi connectivity index (χ0) is 18.5. The second kappa shape index (κ2) is 8.25. The monoisotopic (exact) mass is 353 g/mol. The second-order valence-corrected chi connectivity index (χ2v) is 7.05. The summed E-state index contributed by atoms with van der Waals surface area (Å²) >= 11 is 0. The maximum atomic E-state index is 12.3. The Hall–Kier alpha value is -2.50. The van der Waals surface area contributed by atoms with Crippen LogP contribution < -0.4 is 10.2 Å². The average molecular weight is 353 g/mol. The van der Waals surface area contributed by atoms with Crippen LogP contribution in [0.15, 0.2) is 30.7 Å². The van der Waals surface area contributed by atoms with Crippen molar-refractivity contribution in [2.75, 3.05) is 11.9 Å². The molecule has 0 aromatic carbocycles. The molecule has 138 valence electrons. The Morgan fingerprint density at radius 2 is 2.04 bits per heavy atom. The van der Waals surface area contributed by atoms with Gasteiger partial charge in [0.2, 0.25) is 5.95 Å². The molecule has 0 aliphatic heterocycles. The van der Waals surface area contributed by atoms with Crippen LogP contribution in [0.5, 0.6) is 0 Å². The van der Waals surface area contributed by atoms with Crippen molar-refractivity contribution in [3.8, 4) is 0 Å². The van der Waals surface area contributed by atoms with Gasteiger partial charge in [-0.15, -0.1) is 0 Å². The van der Waals surface area contributed by atoms with Crippen molar-refractivity contribution in [3.05, 3.63) is 47.5 Å². The third-order valence-electron chi connectivity index (χ3n) is 5.18. The number of nitrogens with one attached hydrogen (secondary N) is 1. The highest BCUT2D eigenvalue weighted by Gasteiger charge is 2.21. The Balaban J connectivity index is 1.69. The number of nitrogens with zero attached hydrogens (tertiary/aromatic N) is 4. The molecule has 1 aliphatic rings. The SMILES string of the molecule is Cc1nc(N(C)C2CCCCC2)ncc1C(C)NC(=O)c1cccnc1. The summed E-state index contributed by atoms with van der Waals surface area (Å²) in [5, 5.41) is 2.99. The Labute approximate surface area is 155 Å². The molecular formula is C20H27N5O. The lowest BCUT2D eigenvalue weighted by Crippen LogP contribution is -2.35. The van der Waals surface area contributed by atoms with E-state index in [4.69, 9.17) is 4.98 Å². The smallest absolute Gasteiger partial charge is 0.253 e. The third kappa shape index (κ3) is 4.18. The van der Waals surface area contributed by atoms with Crippen molar-refractivity contribution in [2.45, 2.75) is 58.0 Å². The third-order valence-corrected chi connectivity index (χ3v) is 5.18. The predicted octanol–water partition coefficient (Wildman–Crippen LogP) is 3.44. The number of hydrogen-bond acceptors (Lipinski definition) is 5. The summed E-state index contributed by atoms with van der Waals surface area (Å²) in [6.07, 6.45) is 11.4. The molecule has 0 radical (unpaired) electrons. The zero-order valence-electron chi connectivity index (χ0n) is 15.8. The minimum atomic E-state index is -0.170. The molecule has 2 aromatic heterocycles. The predicted molar refractivity (Wildman–Crippen MR) is 102 cm³/mol. The van der Waals surface area contributed by atoms with Crippen molar-refractivity contribution in [1.29, 1.82) is 0 Å². The molecule has 0 spiro atoms. The van der Waals surface area contributed by atoms with Gasteiger partial charge in [-0.3, -0.25) is 9.78 Å². The van der Waals surface area contributed by atoms with Gasteiger partial charge in [-0.2, -0.15) is 0 Å². The van der Waals surface area contributed by atoms with E-state index in [0.717, 1.165) is 17.2 Å². The van der Waals surface area contributed by atoms with E-state index in [9.17, 15) is 4.79 Å². The molecule has 1 saturated carbocycles. The first kappa shape index (κ1) is 18.3. The van der Waals surface area contributed by atoms with Gasteiger partial charge in [0.05, 0.1) is 11.6 Å². The summed E-state index contributed by atoms with van der Waals surface area (Å²) in [5.41, 5.74) is 2.38. The van der Waals surface area contributed by atoms with Gasteiger partial charge in [0.1, 0.15) is 0 Å². The number of amides is 1. The molecule has 1 unspecified atom stereocenters. The van der Waals surface area contributed by atoms with Gasteiger partial charge in [0, 0.05) is 42.9 Å². The minimum absolute atomic E-state index is 0.145. The summed E-state index contributed by atoms with van der Waals surface area (Å²) in [5.74, 6) is 0.623. The van der Waals surface area contributed by atoms with Gasteiger partial charge < -0.3 is 10.2 Å². The molecule has 1 N–H and O–H groups in total. The number of rotatable bonds is 5. The first-order valence-corrected chi connectivity index (χ1v) is 9.33. The zero-order valence-corrected chi connectivity index (χ0v) is 15.8. The topological polar surface area (TPSA) is 71.0 Å². The molecule has 3 rings (SSSR count). The van der Waals surface area contributed by atoms with E-state index in [0.29, 0.717) is 11.6 Å². The van der Waals surface area contributed by atoms with Gasteiger partial charge in [-0.1, -0.05) is 19.3 Å². The number of hydrogen-bond donors (Lipinski definition) is 1. The van der Waals surface area contributed by atoms with Gasteiger partial charge in [-0.05, 0) is 38.8 Å². The van der Waals surface area contributed by atoms with Crippen LogP contribution in [0.1, 0.15) is 66.7 Å². The summed E-state index contributed by atoms with van der Waals surface area (Å²) in [6, 6.07) is 3.86. The first-order valence-electron chi connectivity index (χ1n) is 9.33. The minimum Gasteiger partial charge on any atom is -0.345 e. The summed E-state index contributed by atoms with van der Waals surface area (Å²) in [4.78, 5) is 27.8. The Bertz CT molecular complexity index is 743. The van der Waals surface area contributed by atoms with E-state index >= 15 is 0 Å². The van der Waals surface area contributed by atoms with Crippen LogP contribution in [0.25, 0.3) is 0 Å². The summed E-state index contributed by atoms with van der Waals surface area (Å²) in [7, 11) is 2.08. The van der Waals surface area contributed by atoms with Gasteiger partial charge >= 0.3 is 0 Å². The van der Waals surface area contributed by atoms with Crippen molar-refractivity contribution < 1.29 is 4.79 Å². The molecule has 6 nitrogen and oxygen atoms in total. The number of aromatic nitrogens is 3. The molecule has 1 amide bonds. The number of aryl methyl sites for hydroxylation is 1. The fourth-order valence-electron chi connectivity index (χ4n) is 3.55. The lowest BCUT2D eigenvalue weighted by molar-refractivity contribution is 0.0939. The fraction of sp³-hybridized carbons (Fsp3) is 0.500. The molecule has 1 atom stereocenters. The molecule has 0 saturated heterocycles. The standard InChI is InChI=1S/C20H27N5O/c1-14(23-19(26)16-8-7-11-21-12-16)18-13-22-20(24-15(18)2)25(3)17-9-5-4-6-10-17/h7-8,11-14,17H,4-6,9-10H2,1-3H3,(H,23,26). The quantitative estimate of drug-likeness (QED) is 0.891. The second-order valence-electron chi connectivity index (χ2n) is 7.05. The number of pyridine rings is 1. The maximum absolute atomic E-state index is 12.3. The van der Waals surface area contributed by atoms with E-state index in [1.165, 1.54) is 32.1 Å². The van der Waals surface area contributed by atoms with Crippen molar-refractivity contribution in [3.63, 3.8) is 0 Å². The van der Waals surface area contributed by atoms with Crippen LogP contribution in [0.3, 0.4) is 0 Å². The van der Waals surface area contributed by atoms with Crippen LogP contribution >= 0.6 is 0 Å². The summed E-state index contributed by atoms with van der Waals surface area (Å²) in [6.45, 7) is 3.92. The fourth-order valence-corrected chi connectivity index (χ4v) is 3.55. The van der Waals surface area contributed by atoms with E-state index in [1.807, 2.05) is 20.0 Å². The highest BCUT2D eigenvalue weighted by Crippen LogP contribution is 2.25. The lowest BCUT2D eigenvalue weighted by atomic mass is 9.95. The van der Waals surface area contributed by atoms with Crippen LogP contribution in [0.4, 0.5) is 5.95 Å². The molecular weight excluding hydrogens is 326 g/mol. The lowest BCUT2D eigenvalue weighted by Gasteiger charge is -2.31. The van der Waals surface area contributed by atoms with Gasteiger partial charge in [0.25, 0.3) is 5.91 Å². The number of anilines is 1. The van der Waals surface area contributed by atoms with Crippen molar-refractivity contribution in [1.82, 2.24) is 20.3 Å². The van der Waals surface area contributed by atoms with Crippen LogP contribution in [0, 0.1) is 6.92 Å². The van der Waals surface area contributed by atoms with Crippen molar-refractivity contribution in [2.24, 2.45) is 0 Å². The highest BCUT2D eigenvalue weighted by atomic mass is 16.1. The van der Waals surface area contributed by atoms with Crippen LogP contribution in [-0.4, -0.2) is 33.9 Å². The van der Waals surface area contributed by atoms with E-state index in [-0.39, 0.29) is 11.9 Å². The molecule has 2 heterocycles. The van der Waals surface area contributed by atoms with Crippen LogP contribution in [-0.2, 0) is 0 Å². The Kier molecular flexibility index (Phi) is 5.81. The molecule has 6 heteroatoms. The molecule has 0 bridgehead atoms. The van der Waals surface area contributed by atoms with E-state index < -0.39 is 0 Å². The molecule has 1 fully saturated rings. The highest BCUT2D eigenvalue weighted by molar-refractivity contribution is 5.94. The normalized spacial score (nSPS) is 16.1. The van der Waals surface area contributed by atoms with Gasteiger partial charge in [0.15, 0.2) is 0 Å². The van der Waals surface area contributed by atoms with E-state index in [2.05, 4.69) is 27.2 Å². The average Bonchev–Trinajstić information content (AvgIpc) is 2.68. The maximum Gasteiger partial charge on any atom is 0.253 e. The van der Waals surface area contributed by atoms with Crippen LogP contribution in [0.2, 0.25) is 0 Å². The summed E-state index contributed by atoms with van der Waals surface area (Å²) < 4.78 is 0.